The maximum atomic E-state index is 12.5. The summed E-state index contributed by atoms with van der Waals surface area (Å²) < 4.78 is 11.1. The van der Waals surface area contributed by atoms with Crippen molar-refractivity contribution in [2.75, 3.05) is 19.0 Å². The Morgan fingerprint density at radius 2 is 2.12 bits per heavy atom. The van der Waals surface area contributed by atoms with Crippen LogP contribution in [0.25, 0.3) is 0 Å². The molecule has 0 unspecified atom stereocenters. The molecule has 0 bridgehead atoms. The minimum Gasteiger partial charge on any atom is -0.493 e. The number of methoxy groups -OCH3 is 1. The maximum Gasteiger partial charge on any atom is 0.257 e. The zero-order valence-electron chi connectivity index (χ0n) is 14.8. The van der Waals surface area contributed by atoms with Crippen LogP contribution in [-0.2, 0) is 12.8 Å². The largest absolute Gasteiger partial charge is 0.493 e. The van der Waals surface area contributed by atoms with E-state index in [0.717, 1.165) is 31.4 Å². The van der Waals surface area contributed by atoms with E-state index in [1.54, 1.807) is 36.6 Å². The Labute approximate surface area is 152 Å². The summed E-state index contributed by atoms with van der Waals surface area (Å²) in [7, 11) is 1.58. The number of fused-ring (bicyclic) bond motifs is 1. The van der Waals surface area contributed by atoms with Crippen molar-refractivity contribution in [2.45, 2.75) is 45.4 Å². The van der Waals surface area contributed by atoms with E-state index in [1.807, 2.05) is 0 Å². The molecule has 6 heteroatoms. The lowest BCUT2D eigenvalue weighted by Gasteiger charge is -2.11. The van der Waals surface area contributed by atoms with Gasteiger partial charge in [0.1, 0.15) is 0 Å². The Bertz CT molecular complexity index is 719. The van der Waals surface area contributed by atoms with Gasteiger partial charge in [0.15, 0.2) is 16.6 Å². The summed E-state index contributed by atoms with van der Waals surface area (Å²) >= 11 is 1.59. The molecule has 2 aromatic rings. The third-order valence-corrected chi connectivity index (χ3v) is 5.32. The van der Waals surface area contributed by atoms with E-state index >= 15 is 0 Å². The van der Waals surface area contributed by atoms with Crippen LogP contribution in [0.15, 0.2) is 18.2 Å². The van der Waals surface area contributed by atoms with Crippen LogP contribution in [0.2, 0.25) is 0 Å². The number of nitrogens with zero attached hydrogens (tertiary/aromatic N) is 1. The predicted octanol–water partition coefficient (Wildman–Crippen LogP) is 4.46. The predicted molar refractivity (Wildman–Crippen MR) is 100 cm³/mol. The fourth-order valence-corrected chi connectivity index (χ4v) is 3.87. The summed E-state index contributed by atoms with van der Waals surface area (Å²) in [4.78, 5) is 18.4. The zero-order valence-corrected chi connectivity index (χ0v) is 15.6. The van der Waals surface area contributed by atoms with E-state index in [2.05, 4.69) is 17.2 Å². The van der Waals surface area contributed by atoms with Crippen molar-refractivity contribution in [3.63, 3.8) is 0 Å². The van der Waals surface area contributed by atoms with Crippen LogP contribution in [0.4, 0.5) is 5.13 Å². The quantitative estimate of drug-likeness (QED) is 0.741. The number of hydrogen-bond donors (Lipinski definition) is 1. The van der Waals surface area contributed by atoms with Crippen molar-refractivity contribution < 1.29 is 14.3 Å². The lowest BCUT2D eigenvalue weighted by atomic mass is 10.0. The second-order valence-electron chi connectivity index (χ2n) is 6.12. The number of thiazole rings is 1. The van der Waals surface area contributed by atoms with Gasteiger partial charge < -0.3 is 9.47 Å². The van der Waals surface area contributed by atoms with Crippen molar-refractivity contribution in [3.05, 3.63) is 34.3 Å². The average molecular weight is 360 g/mol. The first-order valence-corrected chi connectivity index (χ1v) is 9.63. The van der Waals surface area contributed by atoms with Crippen LogP contribution < -0.4 is 14.8 Å². The summed E-state index contributed by atoms with van der Waals surface area (Å²) in [6, 6.07) is 5.26. The van der Waals surface area contributed by atoms with E-state index in [0.29, 0.717) is 28.8 Å². The van der Waals surface area contributed by atoms with Crippen molar-refractivity contribution in [1.29, 1.82) is 0 Å². The van der Waals surface area contributed by atoms with E-state index in [4.69, 9.17) is 9.47 Å². The number of benzene rings is 1. The molecule has 25 heavy (non-hydrogen) atoms. The fraction of sp³-hybridized carbons (Fsp3) is 0.474. The molecule has 1 N–H and O–H groups in total. The number of amides is 1. The molecule has 0 atom stereocenters. The number of nitrogens with one attached hydrogen (secondary N) is 1. The summed E-state index contributed by atoms with van der Waals surface area (Å²) in [5.74, 6) is 1.06. The zero-order chi connectivity index (χ0) is 17.6. The lowest BCUT2D eigenvalue weighted by molar-refractivity contribution is 0.102. The van der Waals surface area contributed by atoms with Gasteiger partial charge >= 0.3 is 0 Å². The molecule has 0 spiro atoms. The molecule has 0 fully saturated rings. The van der Waals surface area contributed by atoms with Crippen LogP contribution in [0, 0.1) is 0 Å². The molecular weight excluding hydrogens is 336 g/mol. The molecule has 1 amide bonds. The van der Waals surface area contributed by atoms with Crippen LogP contribution in [0.1, 0.15) is 53.5 Å². The molecule has 0 radical (unpaired) electrons. The molecule has 1 aromatic carbocycles. The summed E-state index contributed by atoms with van der Waals surface area (Å²) in [5, 5.41) is 3.59. The number of carbonyl (C=O) groups excluding carboxylic acids is 1. The number of ether oxygens (including phenoxy) is 2. The van der Waals surface area contributed by atoms with Gasteiger partial charge in [0.05, 0.1) is 19.4 Å². The summed E-state index contributed by atoms with van der Waals surface area (Å²) in [6.07, 6.45) is 6.53. The summed E-state index contributed by atoms with van der Waals surface area (Å²) in [5.41, 5.74) is 1.68. The van der Waals surface area contributed by atoms with Gasteiger partial charge in [0, 0.05) is 10.4 Å². The first-order chi connectivity index (χ1) is 12.2. The Kier molecular flexibility index (Phi) is 5.91. The molecular formula is C19H24N2O3S. The fourth-order valence-electron chi connectivity index (χ4n) is 2.83. The average Bonchev–Trinajstić information content (AvgIpc) is 3.04. The monoisotopic (exact) mass is 360 g/mol. The smallest absolute Gasteiger partial charge is 0.257 e. The van der Waals surface area contributed by atoms with Crippen molar-refractivity contribution in [1.82, 2.24) is 4.98 Å². The molecule has 0 saturated carbocycles. The van der Waals surface area contributed by atoms with Crippen molar-refractivity contribution in [2.24, 2.45) is 0 Å². The van der Waals surface area contributed by atoms with Crippen LogP contribution in [0.3, 0.4) is 0 Å². The maximum absolute atomic E-state index is 12.5. The Hall–Kier alpha value is -2.08. The molecule has 3 rings (SSSR count). The highest BCUT2D eigenvalue weighted by atomic mass is 32.1. The van der Waals surface area contributed by atoms with Crippen molar-refractivity contribution >= 4 is 22.4 Å². The number of rotatable bonds is 7. The number of aromatic nitrogens is 1. The van der Waals surface area contributed by atoms with Crippen LogP contribution in [0.5, 0.6) is 11.5 Å². The minimum absolute atomic E-state index is 0.176. The van der Waals surface area contributed by atoms with Crippen molar-refractivity contribution in [3.8, 4) is 11.5 Å². The highest BCUT2D eigenvalue weighted by molar-refractivity contribution is 7.15. The second kappa shape index (κ2) is 8.34. The molecule has 5 nitrogen and oxygen atoms in total. The second-order valence-corrected chi connectivity index (χ2v) is 7.20. The van der Waals surface area contributed by atoms with Gasteiger partial charge in [0.25, 0.3) is 5.91 Å². The first kappa shape index (κ1) is 17.7. The number of anilines is 1. The van der Waals surface area contributed by atoms with Crippen LogP contribution in [-0.4, -0.2) is 24.6 Å². The molecule has 134 valence electrons. The Balaban J connectivity index is 1.70. The molecule has 1 aliphatic carbocycles. The highest BCUT2D eigenvalue weighted by Gasteiger charge is 2.17. The first-order valence-electron chi connectivity index (χ1n) is 8.82. The molecule has 1 aromatic heterocycles. The lowest BCUT2D eigenvalue weighted by Crippen LogP contribution is -2.12. The van der Waals surface area contributed by atoms with Gasteiger partial charge in [-0.25, -0.2) is 4.98 Å². The minimum atomic E-state index is -0.176. The van der Waals surface area contributed by atoms with Gasteiger partial charge in [-0.2, -0.15) is 0 Å². The van der Waals surface area contributed by atoms with Gasteiger partial charge in [-0.15, -0.1) is 11.3 Å². The van der Waals surface area contributed by atoms with Gasteiger partial charge in [0.2, 0.25) is 0 Å². The van der Waals surface area contributed by atoms with E-state index in [9.17, 15) is 4.79 Å². The van der Waals surface area contributed by atoms with Crippen LogP contribution >= 0.6 is 11.3 Å². The van der Waals surface area contributed by atoms with Gasteiger partial charge in [-0.1, -0.05) is 13.3 Å². The highest BCUT2D eigenvalue weighted by Crippen LogP contribution is 2.31. The van der Waals surface area contributed by atoms with E-state index < -0.39 is 0 Å². The standard InChI is InChI=1S/C19H24N2O3S/c1-3-4-11-24-15-10-9-13(12-16(15)23-2)18(22)21-19-20-14-7-5-6-8-17(14)25-19/h9-10,12H,3-8,11H2,1-2H3,(H,20,21,22). The summed E-state index contributed by atoms with van der Waals surface area (Å²) in [6.45, 7) is 2.76. The number of hydrogen-bond acceptors (Lipinski definition) is 5. The van der Waals surface area contributed by atoms with E-state index in [-0.39, 0.29) is 5.91 Å². The topological polar surface area (TPSA) is 60.5 Å². The number of unbranched alkanes of at least 4 members (excludes halogenated alkanes) is 1. The third kappa shape index (κ3) is 4.31. The third-order valence-electron chi connectivity index (χ3n) is 4.25. The molecule has 1 aliphatic rings. The molecule has 0 saturated heterocycles. The molecule has 0 aliphatic heterocycles. The molecule has 1 heterocycles. The number of carbonyl (C=O) groups is 1. The normalized spacial score (nSPS) is 13.2. The Morgan fingerprint density at radius 3 is 2.88 bits per heavy atom. The van der Waals surface area contributed by atoms with Gasteiger partial charge in [-0.05, 0) is 50.3 Å². The van der Waals surface area contributed by atoms with Gasteiger partial charge in [-0.3, -0.25) is 10.1 Å². The SMILES string of the molecule is CCCCOc1ccc(C(=O)Nc2nc3c(s2)CCCC3)cc1OC. The Morgan fingerprint density at radius 1 is 1.28 bits per heavy atom. The number of aryl methyl sites for hydroxylation is 2. The van der Waals surface area contributed by atoms with E-state index in [1.165, 1.54) is 17.7 Å².